The van der Waals surface area contributed by atoms with Gasteiger partial charge in [-0.25, -0.2) is 0 Å². The van der Waals surface area contributed by atoms with Crippen molar-refractivity contribution < 1.29 is 14.3 Å². The lowest BCUT2D eigenvalue weighted by Gasteiger charge is -2.22. The zero-order valence-corrected chi connectivity index (χ0v) is 13.6. The Hall–Kier alpha value is -0.820. The molecule has 0 radical (unpaired) electrons. The van der Waals surface area contributed by atoms with Gasteiger partial charge in [-0.3, -0.25) is 4.79 Å². The Balaban J connectivity index is 0.00000200. The van der Waals surface area contributed by atoms with Gasteiger partial charge in [0, 0.05) is 19.6 Å². The number of amides is 1. The minimum Gasteiger partial charge on any atom is -0.496 e. The molecule has 1 aliphatic rings. The van der Waals surface area contributed by atoms with E-state index in [-0.39, 0.29) is 18.3 Å². The molecule has 1 saturated heterocycles. The summed E-state index contributed by atoms with van der Waals surface area (Å²) in [5.41, 5.74) is 1.00. The van der Waals surface area contributed by atoms with Crippen LogP contribution in [0.2, 0.25) is 0 Å². The van der Waals surface area contributed by atoms with Crippen molar-refractivity contribution in [3.63, 3.8) is 0 Å². The van der Waals surface area contributed by atoms with Crippen LogP contribution in [0, 0.1) is 0 Å². The molecule has 2 rings (SSSR count). The molecule has 0 aromatic heterocycles. The molecule has 112 valence electrons. The summed E-state index contributed by atoms with van der Waals surface area (Å²) in [6.45, 7) is 2.42. The van der Waals surface area contributed by atoms with Crippen LogP contribution < -0.4 is 15.4 Å². The van der Waals surface area contributed by atoms with E-state index in [1.807, 2.05) is 18.2 Å². The summed E-state index contributed by atoms with van der Waals surface area (Å²) in [5, 5.41) is 6.00. The predicted octanol–water partition coefficient (Wildman–Crippen LogP) is 1.48. The number of methoxy groups -OCH3 is 1. The molecule has 1 aromatic carbocycles. The summed E-state index contributed by atoms with van der Waals surface area (Å²) in [6, 6.07) is 5.72. The van der Waals surface area contributed by atoms with Crippen LogP contribution in [-0.4, -0.2) is 38.8 Å². The van der Waals surface area contributed by atoms with Crippen molar-refractivity contribution in [2.45, 2.75) is 12.6 Å². The van der Waals surface area contributed by atoms with Crippen molar-refractivity contribution in [3.8, 4) is 5.75 Å². The molecule has 5 nitrogen and oxygen atoms in total. The standard InChI is InChI=1S/C13H17BrN2O3.ClH/c1-18-11-3-2-9(6-10(11)14)7-16-13(17)12-8-15-4-5-19-12;/h2-3,6,12,15H,4-5,7-8H2,1H3,(H,16,17);1H. The average molecular weight is 366 g/mol. The summed E-state index contributed by atoms with van der Waals surface area (Å²) < 4.78 is 11.4. The number of ether oxygens (including phenoxy) is 2. The average Bonchev–Trinajstić information content (AvgIpc) is 2.46. The highest BCUT2D eigenvalue weighted by atomic mass is 79.9. The van der Waals surface area contributed by atoms with Crippen molar-refractivity contribution in [1.29, 1.82) is 0 Å². The number of hydrogen-bond acceptors (Lipinski definition) is 4. The molecule has 1 heterocycles. The van der Waals surface area contributed by atoms with Gasteiger partial charge in [0.2, 0.25) is 0 Å². The number of nitrogens with one attached hydrogen (secondary N) is 2. The van der Waals surface area contributed by atoms with Crippen molar-refractivity contribution in [2.24, 2.45) is 0 Å². The molecule has 20 heavy (non-hydrogen) atoms. The maximum atomic E-state index is 11.9. The zero-order chi connectivity index (χ0) is 13.7. The van der Waals surface area contributed by atoms with Crippen LogP contribution in [0.1, 0.15) is 5.56 Å². The Labute approximate surface area is 132 Å². The molecule has 1 aromatic rings. The first-order valence-electron chi connectivity index (χ1n) is 6.13. The van der Waals surface area contributed by atoms with Crippen molar-refractivity contribution in [1.82, 2.24) is 10.6 Å². The predicted molar refractivity (Wildman–Crippen MR) is 82.4 cm³/mol. The molecule has 1 fully saturated rings. The number of halogens is 2. The van der Waals surface area contributed by atoms with Gasteiger partial charge in [0.25, 0.3) is 5.91 Å². The molecule has 0 bridgehead atoms. The van der Waals surface area contributed by atoms with Crippen LogP contribution in [-0.2, 0) is 16.1 Å². The number of rotatable bonds is 4. The highest BCUT2D eigenvalue weighted by Gasteiger charge is 2.21. The van der Waals surface area contributed by atoms with Crippen molar-refractivity contribution in [2.75, 3.05) is 26.8 Å². The first-order chi connectivity index (χ1) is 9.20. The van der Waals surface area contributed by atoms with E-state index in [0.717, 1.165) is 22.3 Å². The van der Waals surface area contributed by atoms with Crippen LogP contribution in [0.4, 0.5) is 0 Å². The highest BCUT2D eigenvalue weighted by Crippen LogP contribution is 2.25. The molecule has 2 N–H and O–H groups in total. The van der Waals surface area contributed by atoms with Gasteiger partial charge in [-0.1, -0.05) is 6.07 Å². The van der Waals surface area contributed by atoms with Crippen molar-refractivity contribution in [3.05, 3.63) is 28.2 Å². The van der Waals surface area contributed by atoms with Crippen molar-refractivity contribution >= 4 is 34.2 Å². The molecule has 0 aliphatic carbocycles. The van der Waals surface area contributed by atoms with E-state index in [4.69, 9.17) is 9.47 Å². The molecule has 1 atom stereocenters. The Morgan fingerprint density at radius 2 is 2.40 bits per heavy atom. The first-order valence-corrected chi connectivity index (χ1v) is 6.92. The van der Waals surface area contributed by atoms with Gasteiger partial charge < -0.3 is 20.1 Å². The summed E-state index contributed by atoms with van der Waals surface area (Å²) in [7, 11) is 1.62. The monoisotopic (exact) mass is 364 g/mol. The van der Waals surface area contributed by atoms with Crippen LogP contribution >= 0.6 is 28.3 Å². The molecular formula is C13H18BrClN2O3. The zero-order valence-electron chi connectivity index (χ0n) is 11.1. The van der Waals surface area contributed by atoms with E-state index in [2.05, 4.69) is 26.6 Å². The molecule has 1 amide bonds. The topological polar surface area (TPSA) is 59.6 Å². The van der Waals surface area contributed by atoms with Crippen LogP contribution in [0.25, 0.3) is 0 Å². The fourth-order valence-corrected chi connectivity index (χ4v) is 2.44. The number of hydrogen-bond donors (Lipinski definition) is 2. The largest absolute Gasteiger partial charge is 0.496 e. The normalized spacial score (nSPS) is 18.0. The maximum Gasteiger partial charge on any atom is 0.250 e. The number of benzene rings is 1. The van der Waals surface area contributed by atoms with Gasteiger partial charge in [-0.2, -0.15) is 0 Å². The van der Waals surface area contributed by atoms with Crippen LogP contribution in [0.3, 0.4) is 0 Å². The summed E-state index contributed by atoms with van der Waals surface area (Å²) in [6.07, 6.45) is -0.393. The van der Waals surface area contributed by atoms with Crippen LogP contribution in [0.5, 0.6) is 5.75 Å². The Kier molecular flexibility index (Phi) is 7.29. The quantitative estimate of drug-likeness (QED) is 0.849. The smallest absolute Gasteiger partial charge is 0.250 e. The SMILES string of the molecule is COc1ccc(CNC(=O)C2CNCCO2)cc1Br.Cl. The molecule has 1 aliphatic heterocycles. The van der Waals surface area contributed by atoms with Gasteiger partial charge in [-0.15, -0.1) is 12.4 Å². The molecule has 0 spiro atoms. The fraction of sp³-hybridized carbons (Fsp3) is 0.462. The molecule has 1 unspecified atom stereocenters. The Morgan fingerprint density at radius 3 is 3.00 bits per heavy atom. The number of carbonyl (C=O) groups is 1. The van der Waals surface area contributed by atoms with E-state index in [9.17, 15) is 4.79 Å². The fourth-order valence-electron chi connectivity index (χ4n) is 1.86. The van der Waals surface area contributed by atoms with Gasteiger partial charge >= 0.3 is 0 Å². The number of morpholine rings is 1. The summed E-state index contributed by atoms with van der Waals surface area (Å²) in [5.74, 6) is 0.689. The van der Waals surface area contributed by atoms with E-state index in [0.29, 0.717) is 19.7 Å². The molecular weight excluding hydrogens is 348 g/mol. The van der Waals surface area contributed by atoms with E-state index < -0.39 is 6.10 Å². The lowest BCUT2D eigenvalue weighted by atomic mass is 10.2. The van der Waals surface area contributed by atoms with Crippen LogP contribution in [0.15, 0.2) is 22.7 Å². The second-order valence-corrected chi connectivity index (χ2v) is 5.10. The molecule has 7 heteroatoms. The van der Waals surface area contributed by atoms with Gasteiger partial charge in [0.15, 0.2) is 0 Å². The Bertz CT molecular complexity index is 453. The van der Waals surface area contributed by atoms with Gasteiger partial charge in [-0.05, 0) is 33.6 Å². The lowest BCUT2D eigenvalue weighted by molar-refractivity contribution is -0.134. The Morgan fingerprint density at radius 1 is 1.60 bits per heavy atom. The molecule has 0 saturated carbocycles. The van der Waals surface area contributed by atoms with E-state index in [1.165, 1.54) is 0 Å². The lowest BCUT2D eigenvalue weighted by Crippen LogP contribution is -2.47. The van der Waals surface area contributed by atoms with E-state index >= 15 is 0 Å². The second-order valence-electron chi connectivity index (χ2n) is 4.25. The summed E-state index contributed by atoms with van der Waals surface area (Å²) >= 11 is 3.42. The second kappa shape index (κ2) is 8.46. The summed E-state index contributed by atoms with van der Waals surface area (Å²) in [4.78, 5) is 11.9. The minimum atomic E-state index is -0.393. The third-order valence-electron chi connectivity index (χ3n) is 2.90. The minimum absolute atomic E-state index is 0. The first kappa shape index (κ1) is 17.2. The number of carbonyl (C=O) groups excluding carboxylic acids is 1. The third-order valence-corrected chi connectivity index (χ3v) is 3.52. The van der Waals surface area contributed by atoms with E-state index in [1.54, 1.807) is 7.11 Å². The highest BCUT2D eigenvalue weighted by molar-refractivity contribution is 9.10. The van der Waals surface area contributed by atoms with Gasteiger partial charge in [0.05, 0.1) is 18.2 Å². The van der Waals surface area contributed by atoms with Gasteiger partial charge in [0.1, 0.15) is 11.9 Å². The maximum absolute atomic E-state index is 11.9. The third kappa shape index (κ3) is 4.63.